The number of carbonyl (C=O) groups excluding carboxylic acids is 1. The zero-order valence-electron chi connectivity index (χ0n) is 16.0. The van der Waals surface area contributed by atoms with Crippen LogP contribution in [0.15, 0.2) is 45.9 Å². The zero-order chi connectivity index (χ0) is 20.3. The van der Waals surface area contributed by atoms with Gasteiger partial charge in [0.2, 0.25) is 15.9 Å². The Morgan fingerprint density at radius 3 is 2.82 bits per heavy atom. The number of hydrogen-bond donors (Lipinski definition) is 1. The van der Waals surface area contributed by atoms with Crippen LogP contribution >= 0.6 is 0 Å². The van der Waals surface area contributed by atoms with Gasteiger partial charge in [-0.05, 0) is 43.7 Å². The molecule has 1 atom stereocenters. The van der Waals surface area contributed by atoms with Crippen LogP contribution in [0.3, 0.4) is 0 Å². The van der Waals surface area contributed by atoms with Gasteiger partial charge in [-0.25, -0.2) is 13.1 Å². The molecule has 9 nitrogen and oxygen atoms in total. The first-order valence-electron chi connectivity index (χ1n) is 8.93. The van der Waals surface area contributed by atoms with Crippen molar-refractivity contribution in [3.63, 3.8) is 0 Å². The van der Waals surface area contributed by atoms with Gasteiger partial charge in [0.25, 0.3) is 0 Å². The molecule has 0 bridgehead atoms. The smallest absolute Gasteiger partial charge is 0.243 e. The summed E-state index contributed by atoms with van der Waals surface area (Å²) in [4.78, 5) is 12.1. The topological polar surface area (TPSA) is 110 Å². The monoisotopic (exact) mass is 405 g/mol. The molecular weight excluding hydrogens is 382 g/mol. The number of fused-ring (bicyclic) bond motifs is 1. The fourth-order valence-corrected chi connectivity index (χ4v) is 3.85. The molecule has 1 N–H and O–H groups in total. The minimum atomic E-state index is -3.84. The molecule has 2 heterocycles. The second-order valence-corrected chi connectivity index (χ2v) is 8.60. The predicted octanol–water partition coefficient (Wildman–Crippen LogP) is 1.93. The largest absolute Gasteiger partial charge is 0.467 e. The van der Waals surface area contributed by atoms with Gasteiger partial charge in [-0.15, -0.1) is 5.10 Å². The number of nitrogens with one attached hydrogen (secondary N) is 1. The maximum Gasteiger partial charge on any atom is 0.243 e. The minimum Gasteiger partial charge on any atom is -0.467 e. The molecule has 3 aromatic rings. The number of nitrogens with zero attached hydrogens (tertiary/aromatic N) is 4. The second-order valence-electron chi connectivity index (χ2n) is 6.56. The number of furan rings is 1. The van der Waals surface area contributed by atoms with Crippen LogP contribution in [0.5, 0.6) is 0 Å². The highest BCUT2D eigenvalue weighted by molar-refractivity contribution is 7.89. The Bertz CT molecular complexity index is 1060. The van der Waals surface area contributed by atoms with Gasteiger partial charge < -0.3 is 9.73 Å². The molecule has 0 aliphatic carbocycles. The van der Waals surface area contributed by atoms with Gasteiger partial charge in [-0.1, -0.05) is 12.1 Å². The highest BCUT2D eigenvalue weighted by Crippen LogP contribution is 2.22. The Hall–Kier alpha value is -2.72. The number of carbonyl (C=O) groups is 1. The predicted molar refractivity (Wildman–Crippen MR) is 103 cm³/mol. The van der Waals surface area contributed by atoms with E-state index in [0.717, 1.165) is 16.2 Å². The summed E-state index contributed by atoms with van der Waals surface area (Å²) < 4.78 is 33.5. The van der Waals surface area contributed by atoms with Gasteiger partial charge in [0.05, 0.1) is 35.8 Å². The number of rotatable bonds is 8. The van der Waals surface area contributed by atoms with Crippen LogP contribution in [-0.4, -0.2) is 47.2 Å². The average Bonchev–Trinajstić information content (AvgIpc) is 3.34. The molecule has 10 heteroatoms. The number of benzene rings is 1. The van der Waals surface area contributed by atoms with Crippen LogP contribution in [0, 0.1) is 0 Å². The fraction of sp³-hybridized carbons (Fsp3) is 0.389. The highest BCUT2D eigenvalue weighted by Gasteiger charge is 2.24. The van der Waals surface area contributed by atoms with Crippen LogP contribution in [0.4, 0.5) is 0 Å². The molecule has 150 valence electrons. The van der Waals surface area contributed by atoms with E-state index in [2.05, 4.69) is 15.6 Å². The van der Waals surface area contributed by atoms with Gasteiger partial charge in [0, 0.05) is 7.05 Å². The molecule has 0 saturated carbocycles. The van der Waals surface area contributed by atoms with Crippen molar-refractivity contribution in [1.82, 2.24) is 24.6 Å². The Kier molecular flexibility index (Phi) is 5.80. The molecule has 0 spiro atoms. The second kappa shape index (κ2) is 8.11. The van der Waals surface area contributed by atoms with Crippen LogP contribution in [-0.2, 0) is 21.4 Å². The third-order valence-corrected chi connectivity index (χ3v) is 6.36. The minimum absolute atomic E-state index is 0.0672. The lowest BCUT2D eigenvalue weighted by Crippen LogP contribution is -2.38. The molecule has 1 amide bonds. The molecule has 3 rings (SSSR count). The lowest BCUT2D eigenvalue weighted by atomic mass is 10.2. The molecule has 0 aliphatic heterocycles. The Morgan fingerprint density at radius 1 is 1.36 bits per heavy atom. The SMILES string of the molecule is CC[C@@H](C)n1nnc2cc(S(=O)(=O)N(C)CC(=O)NCc3ccco3)ccc21. The number of amides is 1. The van der Waals surface area contributed by atoms with Crippen molar-refractivity contribution in [1.29, 1.82) is 0 Å². The molecular formula is C18H23N5O4S. The highest BCUT2D eigenvalue weighted by atomic mass is 32.2. The van der Waals surface area contributed by atoms with Gasteiger partial charge in [0.1, 0.15) is 11.3 Å². The molecule has 0 radical (unpaired) electrons. The third kappa shape index (κ3) is 4.07. The Balaban J connectivity index is 1.73. The summed E-state index contributed by atoms with van der Waals surface area (Å²) in [5, 5.41) is 10.8. The molecule has 0 unspecified atom stereocenters. The summed E-state index contributed by atoms with van der Waals surface area (Å²) >= 11 is 0. The van der Waals surface area contributed by atoms with Crippen molar-refractivity contribution in [2.24, 2.45) is 0 Å². The van der Waals surface area contributed by atoms with E-state index >= 15 is 0 Å². The van der Waals surface area contributed by atoms with E-state index in [1.807, 2.05) is 13.8 Å². The maximum absolute atomic E-state index is 12.8. The number of sulfonamides is 1. The van der Waals surface area contributed by atoms with Gasteiger partial charge in [-0.3, -0.25) is 4.79 Å². The van der Waals surface area contributed by atoms with Crippen molar-refractivity contribution in [3.8, 4) is 0 Å². The van der Waals surface area contributed by atoms with Crippen molar-refractivity contribution >= 4 is 27.0 Å². The van der Waals surface area contributed by atoms with Crippen LogP contribution < -0.4 is 5.32 Å². The molecule has 0 aliphatic rings. The molecule has 28 heavy (non-hydrogen) atoms. The van der Waals surface area contributed by atoms with Crippen LogP contribution in [0.1, 0.15) is 32.1 Å². The van der Waals surface area contributed by atoms with E-state index in [9.17, 15) is 13.2 Å². The number of likely N-dealkylation sites (N-methyl/N-ethyl adjacent to an activating group) is 1. The van der Waals surface area contributed by atoms with E-state index in [0.29, 0.717) is 11.3 Å². The van der Waals surface area contributed by atoms with Gasteiger partial charge in [0.15, 0.2) is 0 Å². The first-order chi connectivity index (χ1) is 13.3. The van der Waals surface area contributed by atoms with E-state index in [1.165, 1.54) is 25.4 Å². The molecule has 1 aromatic carbocycles. The van der Waals surface area contributed by atoms with E-state index in [4.69, 9.17) is 4.42 Å². The average molecular weight is 405 g/mol. The first-order valence-corrected chi connectivity index (χ1v) is 10.4. The zero-order valence-corrected chi connectivity index (χ0v) is 16.8. The van der Waals surface area contributed by atoms with Crippen molar-refractivity contribution in [2.45, 2.75) is 37.8 Å². The normalized spacial score (nSPS) is 13.1. The summed E-state index contributed by atoms with van der Waals surface area (Å²) in [5.41, 5.74) is 1.27. The standard InChI is InChI=1S/C18H23N5O4S/c1-4-13(2)23-17-8-7-15(10-16(17)20-21-23)28(25,26)22(3)12-18(24)19-11-14-6-5-9-27-14/h5-10,13H,4,11-12H2,1-3H3,(H,19,24)/t13-/m1/s1. The van der Waals surface area contributed by atoms with Crippen molar-refractivity contribution in [3.05, 3.63) is 42.4 Å². The fourth-order valence-electron chi connectivity index (χ4n) is 2.70. The van der Waals surface area contributed by atoms with E-state index in [-0.39, 0.29) is 24.0 Å². The van der Waals surface area contributed by atoms with Crippen LogP contribution in [0.25, 0.3) is 11.0 Å². The van der Waals surface area contributed by atoms with E-state index < -0.39 is 15.9 Å². The quantitative estimate of drug-likeness (QED) is 0.613. The molecule has 0 saturated heterocycles. The maximum atomic E-state index is 12.8. The van der Waals surface area contributed by atoms with E-state index in [1.54, 1.807) is 22.9 Å². The third-order valence-electron chi connectivity index (χ3n) is 4.57. The summed E-state index contributed by atoms with van der Waals surface area (Å²) in [6.45, 7) is 3.96. The summed E-state index contributed by atoms with van der Waals surface area (Å²) in [6, 6.07) is 8.28. The lowest BCUT2D eigenvalue weighted by molar-refractivity contribution is -0.121. The number of aromatic nitrogens is 3. The van der Waals surface area contributed by atoms with Gasteiger partial charge in [-0.2, -0.15) is 4.31 Å². The number of hydrogen-bond acceptors (Lipinski definition) is 6. The Morgan fingerprint density at radius 2 is 2.14 bits per heavy atom. The van der Waals surface area contributed by atoms with Crippen molar-refractivity contribution < 1.29 is 17.6 Å². The van der Waals surface area contributed by atoms with Crippen molar-refractivity contribution in [2.75, 3.05) is 13.6 Å². The first kappa shape index (κ1) is 20.0. The molecule has 2 aromatic heterocycles. The molecule has 0 fully saturated rings. The summed E-state index contributed by atoms with van der Waals surface area (Å²) in [5.74, 6) is 0.167. The summed E-state index contributed by atoms with van der Waals surface area (Å²) in [7, 11) is -2.48. The van der Waals surface area contributed by atoms with Crippen LogP contribution in [0.2, 0.25) is 0 Å². The summed E-state index contributed by atoms with van der Waals surface area (Å²) in [6.07, 6.45) is 2.39. The van der Waals surface area contributed by atoms with Gasteiger partial charge >= 0.3 is 0 Å². The lowest BCUT2D eigenvalue weighted by Gasteiger charge is -2.17. The Labute approximate surface area is 163 Å².